The molecule has 2 rings (SSSR count). The Hall–Kier alpha value is -1.52. The van der Waals surface area contributed by atoms with E-state index < -0.39 is 0 Å². The fraction of sp³-hybridized carbons (Fsp3) is 0.111. The van der Waals surface area contributed by atoms with E-state index in [1.807, 2.05) is 18.2 Å². The lowest BCUT2D eigenvalue weighted by molar-refractivity contribution is 0.290. The molecule has 1 aromatic carbocycles. The van der Waals surface area contributed by atoms with Gasteiger partial charge in [0.05, 0.1) is 17.9 Å². The van der Waals surface area contributed by atoms with Crippen molar-refractivity contribution in [3.05, 3.63) is 41.7 Å². The molecule has 0 fully saturated rings. The summed E-state index contributed by atoms with van der Waals surface area (Å²) >= 11 is 0. The number of fused-ring (bicyclic) bond motifs is 1. The molecule has 0 saturated heterocycles. The molecule has 0 saturated carbocycles. The van der Waals surface area contributed by atoms with E-state index >= 15 is 0 Å². The molecule has 0 radical (unpaired) electrons. The Balaban J connectivity index is 2.55. The first kappa shape index (κ1) is 8.10. The molecule has 0 bridgehead atoms. The number of rotatable bonds is 0. The predicted molar refractivity (Wildman–Crippen MR) is 49.9 cm³/mol. The number of nitrogens with two attached hydrogens (primary N) is 2. The third-order valence-corrected chi connectivity index (χ3v) is 2.15. The number of benzene rings is 1. The SMILES string of the molecule is NC1=CN(O)c2ccccc2C1N. The van der Waals surface area contributed by atoms with Gasteiger partial charge < -0.3 is 11.5 Å². The Kier molecular flexibility index (Phi) is 1.72. The number of hydrogen-bond donors (Lipinski definition) is 3. The molecular weight excluding hydrogens is 166 g/mol. The number of anilines is 1. The molecule has 0 spiro atoms. The molecule has 1 aromatic rings. The molecule has 1 aliphatic rings. The highest BCUT2D eigenvalue weighted by Crippen LogP contribution is 2.31. The summed E-state index contributed by atoms with van der Waals surface area (Å²) in [5.74, 6) is 0. The monoisotopic (exact) mass is 177 g/mol. The van der Waals surface area contributed by atoms with E-state index in [0.717, 1.165) is 10.6 Å². The predicted octanol–water partition coefficient (Wildman–Crippen LogP) is 0.696. The van der Waals surface area contributed by atoms with Gasteiger partial charge in [0.2, 0.25) is 0 Å². The van der Waals surface area contributed by atoms with E-state index in [-0.39, 0.29) is 6.04 Å². The maximum atomic E-state index is 9.47. The molecule has 1 unspecified atom stereocenters. The van der Waals surface area contributed by atoms with Crippen LogP contribution in [0.4, 0.5) is 5.69 Å². The molecule has 5 N–H and O–H groups in total. The van der Waals surface area contributed by atoms with Crippen molar-refractivity contribution in [1.82, 2.24) is 0 Å². The Morgan fingerprint density at radius 2 is 2.00 bits per heavy atom. The summed E-state index contributed by atoms with van der Waals surface area (Å²) in [4.78, 5) is 0. The molecule has 0 aromatic heterocycles. The van der Waals surface area contributed by atoms with Crippen LogP contribution >= 0.6 is 0 Å². The van der Waals surface area contributed by atoms with Crippen molar-refractivity contribution in [2.75, 3.05) is 5.06 Å². The molecule has 0 aliphatic carbocycles. The van der Waals surface area contributed by atoms with Crippen LogP contribution in [0.15, 0.2) is 36.2 Å². The topological polar surface area (TPSA) is 75.5 Å². The quantitative estimate of drug-likeness (QED) is 0.545. The van der Waals surface area contributed by atoms with Gasteiger partial charge in [0.15, 0.2) is 0 Å². The summed E-state index contributed by atoms with van der Waals surface area (Å²) in [7, 11) is 0. The molecule has 1 atom stereocenters. The van der Waals surface area contributed by atoms with Crippen molar-refractivity contribution < 1.29 is 5.21 Å². The zero-order chi connectivity index (χ0) is 9.42. The molecule has 4 nitrogen and oxygen atoms in total. The fourth-order valence-electron chi connectivity index (χ4n) is 1.43. The van der Waals surface area contributed by atoms with Gasteiger partial charge in [-0.1, -0.05) is 18.2 Å². The van der Waals surface area contributed by atoms with Gasteiger partial charge in [-0.2, -0.15) is 0 Å². The van der Waals surface area contributed by atoms with Crippen molar-refractivity contribution in [2.45, 2.75) is 6.04 Å². The average molecular weight is 177 g/mol. The maximum Gasteiger partial charge on any atom is 0.0738 e. The van der Waals surface area contributed by atoms with Crippen LogP contribution in [0.3, 0.4) is 0 Å². The highest BCUT2D eigenvalue weighted by molar-refractivity contribution is 5.59. The highest BCUT2D eigenvalue weighted by atomic mass is 16.5. The molecule has 1 aliphatic heterocycles. The van der Waals surface area contributed by atoms with Crippen LogP contribution in [0, 0.1) is 0 Å². The third-order valence-electron chi connectivity index (χ3n) is 2.15. The van der Waals surface area contributed by atoms with Crippen LogP contribution < -0.4 is 16.5 Å². The molecular formula is C9H11N3O. The summed E-state index contributed by atoms with van der Waals surface area (Å²) in [6.07, 6.45) is 1.42. The second-order valence-electron chi connectivity index (χ2n) is 3.01. The van der Waals surface area contributed by atoms with Crippen LogP contribution in [0.1, 0.15) is 11.6 Å². The van der Waals surface area contributed by atoms with Crippen LogP contribution in [0.2, 0.25) is 0 Å². The standard InChI is InChI=1S/C9H11N3O/c10-7-5-12(13)8-4-2-1-3-6(8)9(7)11/h1-5,9,13H,10-11H2. The van der Waals surface area contributed by atoms with Gasteiger partial charge in [-0.05, 0) is 6.07 Å². The normalized spacial score (nSPS) is 20.9. The Morgan fingerprint density at radius 1 is 1.31 bits per heavy atom. The van der Waals surface area contributed by atoms with E-state index in [9.17, 15) is 5.21 Å². The van der Waals surface area contributed by atoms with E-state index in [1.54, 1.807) is 6.07 Å². The lowest BCUT2D eigenvalue weighted by Gasteiger charge is -2.26. The van der Waals surface area contributed by atoms with Crippen molar-refractivity contribution in [2.24, 2.45) is 11.5 Å². The van der Waals surface area contributed by atoms with Gasteiger partial charge >= 0.3 is 0 Å². The summed E-state index contributed by atoms with van der Waals surface area (Å²) in [5, 5.41) is 10.5. The first-order chi connectivity index (χ1) is 6.20. The lowest BCUT2D eigenvalue weighted by Crippen LogP contribution is -2.28. The number of hydrogen-bond acceptors (Lipinski definition) is 4. The van der Waals surface area contributed by atoms with Gasteiger partial charge in [-0.25, -0.2) is 5.06 Å². The van der Waals surface area contributed by atoms with E-state index in [1.165, 1.54) is 6.20 Å². The van der Waals surface area contributed by atoms with Crippen LogP contribution in [-0.4, -0.2) is 5.21 Å². The Labute approximate surface area is 76.0 Å². The zero-order valence-corrected chi connectivity index (χ0v) is 7.01. The smallest absolute Gasteiger partial charge is 0.0738 e. The second-order valence-corrected chi connectivity index (χ2v) is 3.01. The Bertz CT molecular complexity index is 362. The van der Waals surface area contributed by atoms with Crippen molar-refractivity contribution in [3.8, 4) is 0 Å². The van der Waals surface area contributed by atoms with Crippen molar-refractivity contribution in [3.63, 3.8) is 0 Å². The summed E-state index contributed by atoms with van der Waals surface area (Å²) in [6, 6.07) is 7.02. The molecule has 68 valence electrons. The fourth-order valence-corrected chi connectivity index (χ4v) is 1.43. The van der Waals surface area contributed by atoms with Crippen molar-refractivity contribution >= 4 is 5.69 Å². The highest BCUT2D eigenvalue weighted by Gasteiger charge is 2.20. The minimum absolute atomic E-state index is 0.320. The number of para-hydroxylation sites is 1. The van der Waals surface area contributed by atoms with Crippen LogP contribution in [0.25, 0.3) is 0 Å². The summed E-state index contributed by atoms with van der Waals surface area (Å²) < 4.78 is 0. The summed E-state index contributed by atoms with van der Waals surface area (Å²) in [5.41, 5.74) is 13.4. The molecule has 0 amide bonds. The van der Waals surface area contributed by atoms with Gasteiger partial charge in [0.25, 0.3) is 0 Å². The number of nitrogens with zero attached hydrogens (tertiary/aromatic N) is 1. The van der Waals surface area contributed by atoms with Crippen LogP contribution in [-0.2, 0) is 0 Å². The van der Waals surface area contributed by atoms with Gasteiger partial charge in [-0.3, -0.25) is 5.21 Å². The van der Waals surface area contributed by atoms with E-state index in [0.29, 0.717) is 11.4 Å². The minimum Gasteiger partial charge on any atom is -0.399 e. The zero-order valence-electron chi connectivity index (χ0n) is 7.01. The van der Waals surface area contributed by atoms with Crippen molar-refractivity contribution in [1.29, 1.82) is 0 Å². The first-order valence-corrected chi connectivity index (χ1v) is 4.00. The van der Waals surface area contributed by atoms with Gasteiger partial charge in [0, 0.05) is 11.3 Å². The van der Waals surface area contributed by atoms with Gasteiger partial charge in [-0.15, -0.1) is 0 Å². The van der Waals surface area contributed by atoms with Crippen LogP contribution in [0.5, 0.6) is 0 Å². The largest absolute Gasteiger partial charge is 0.399 e. The third kappa shape index (κ3) is 1.16. The minimum atomic E-state index is -0.320. The summed E-state index contributed by atoms with van der Waals surface area (Å²) in [6.45, 7) is 0. The maximum absolute atomic E-state index is 9.47. The van der Waals surface area contributed by atoms with E-state index in [4.69, 9.17) is 11.5 Å². The second kappa shape index (κ2) is 2.76. The molecule has 13 heavy (non-hydrogen) atoms. The Morgan fingerprint density at radius 3 is 2.77 bits per heavy atom. The first-order valence-electron chi connectivity index (χ1n) is 4.00. The lowest BCUT2D eigenvalue weighted by atomic mass is 10.0. The van der Waals surface area contributed by atoms with E-state index in [2.05, 4.69) is 0 Å². The molecule has 1 heterocycles. The number of hydroxylamine groups is 1. The average Bonchev–Trinajstić information content (AvgIpc) is 2.15. The molecule has 4 heteroatoms. The van der Waals surface area contributed by atoms with Gasteiger partial charge in [0.1, 0.15) is 0 Å².